The van der Waals surface area contributed by atoms with E-state index in [9.17, 15) is 4.39 Å². The maximum absolute atomic E-state index is 12.9. The van der Waals surface area contributed by atoms with Crippen LogP contribution >= 0.6 is 23.2 Å². The summed E-state index contributed by atoms with van der Waals surface area (Å²) >= 11 is 11.1. The van der Waals surface area contributed by atoms with E-state index in [0.29, 0.717) is 5.56 Å². The standard InChI is InChI=1S/C8H5Cl2FN2/c1-4(12-2)5-3-6(11)8(10)13-7(5)9/h3-4H,1H3. The molecule has 0 aliphatic rings. The molecule has 1 unspecified atom stereocenters. The summed E-state index contributed by atoms with van der Waals surface area (Å²) in [4.78, 5) is 6.76. The molecule has 68 valence electrons. The molecule has 0 fully saturated rings. The molecule has 1 aromatic rings. The van der Waals surface area contributed by atoms with Crippen LogP contribution in [-0.4, -0.2) is 4.98 Å². The summed E-state index contributed by atoms with van der Waals surface area (Å²) in [5.41, 5.74) is 0.360. The van der Waals surface area contributed by atoms with Crippen molar-refractivity contribution in [2.24, 2.45) is 0 Å². The van der Waals surface area contributed by atoms with Gasteiger partial charge in [-0.3, -0.25) is 0 Å². The largest absolute Gasteiger partial charge is 0.309 e. The number of halogens is 3. The van der Waals surface area contributed by atoms with E-state index in [2.05, 4.69) is 9.83 Å². The summed E-state index contributed by atoms with van der Waals surface area (Å²) in [6.07, 6.45) is 0. The fraction of sp³-hybridized carbons (Fsp3) is 0.250. The van der Waals surface area contributed by atoms with E-state index in [1.807, 2.05) is 0 Å². The zero-order valence-corrected chi connectivity index (χ0v) is 8.19. The normalized spacial score (nSPS) is 12.2. The van der Waals surface area contributed by atoms with Crippen molar-refractivity contribution in [2.75, 3.05) is 0 Å². The Kier molecular flexibility index (Phi) is 3.07. The summed E-state index contributed by atoms with van der Waals surface area (Å²) in [7, 11) is 0. The predicted molar refractivity (Wildman–Crippen MR) is 49.2 cm³/mol. The molecule has 1 heterocycles. The Balaban J connectivity index is 3.25. The fourth-order valence-corrected chi connectivity index (χ4v) is 1.30. The second-order valence-electron chi connectivity index (χ2n) is 2.45. The Hall–Kier alpha value is -0.850. The van der Waals surface area contributed by atoms with E-state index in [0.717, 1.165) is 6.07 Å². The van der Waals surface area contributed by atoms with Gasteiger partial charge in [0.1, 0.15) is 5.15 Å². The molecule has 1 atom stereocenters. The summed E-state index contributed by atoms with van der Waals surface area (Å²) in [6, 6.07) is 0.632. The van der Waals surface area contributed by atoms with Crippen LogP contribution in [0.1, 0.15) is 18.5 Å². The molecule has 2 nitrogen and oxygen atoms in total. The van der Waals surface area contributed by atoms with Gasteiger partial charge in [-0.1, -0.05) is 23.2 Å². The summed E-state index contributed by atoms with van der Waals surface area (Å²) < 4.78 is 12.9. The molecule has 0 spiro atoms. The van der Waals surface area contributed by atoms with Crippen LogP contribution in [0.2, 0.25) is 10.3 Å². The molecular formula is C8H5Cl2FN2. The van der Waals surface area contributed by atoms with Crippen molar-refractivity contribution >= 4 is 23.2 Å². The van der Waals surface area contributed by atoms with E-state index >= 15 is 0 Å². The minimum absolute atomic E-state index is 0.0786. The van der Waals surface area contributed by atoms with Crippen molar-refractivity contribution in [1.29, 1.82) is 0 Å². The zero-order chi connectivity index (χ0) is 10.0. The third-order valence-electron chi connectivity index (χ3n) is 1.56. The van der Waals surface area contributed by atoms with Crippen LogP contribution in [0.3, 0.4) is 0 Å². The third-order valence-corrected chi connectivity index (χ3v) is 2.13. The average molecular weight is 219 g/mol. The van der Waals surface area contributed by atoms with Crippen molar-refractivity contribution in [3.8, 4) is 0 Å². The van der Waals surface area contributed by atoms with Gasteiger partial charge in [0, 0.05) is 6.92 Å². The number of rotatable bonds is 1. The minimum atomic E-state index is -0.656. The van der Waals surface area contributed by atoms with Crippen molar-refractivity contribution in [3.05, 3.63) is 39.2 Å². The van der Waals surface area contributed by atoms with Crippen LogP contribution in [0.5, 0.6) is 0 Å². The second-order valence-corrected chi connectivity index (χ2v) is 3.16. The molecule has 0 amide bonds. The zero-order valence-electron chi connectivity index (χ0n) is 6.68. The lowest BCUT2D eigenvalue weighted by molar-refractivity contribution is 0.618. The number of nitrogens with zero attached hydrogens (tertiary/aromatic N) is 2. The highest BCUT2D eigenvalue weighted by Gasteiger charge is 2.17. The number of pyridine rings is 1. The molecule has 0 radical (unpaired) electrons. The van der Waals surface area contributed by atoms with Gasteiger partial charge in [0.05, 0.1) is 5.56 Å². The SMILES string of the molecule is [C-]#[N+]C(C)c1cc(F)c(Cl)nc1Cl. The van der Waals surface area contributed by atoms with E-state index in [4.69, 9.17) is 29.8 Å². The molecule has 0 aliphatic carbocycles. The molecule has 0 saturated heterocycles. The smallest absolute Gasteiger partial charge is 0.249 e. The molecule has 1 aromatic heterocycles. The van der Waals surface area contributed by atoms with Crippen LogP contribution in [0, 0.1) is 12.4 Å². The van der Waals surface area contributed by atoms with Gasteiger partial charge in [-0.05, 0) is 6.07 Å². The van der Waals surface area contributed by atoms with Gasteiger partial charge in [0.25, 0.3) is 0 Å². The van der Waals surface area contributed by atoms with Gasteiger partial charge in [0.15, 0.2) is 11.0 Å². The molecule has 0 N–H and O–H groups in total. The highest BCUT2D eigenvalue weighted by molar-refractivity contribution is 6.33. The maximum atomic E-state index is 12.9. The van der Waals surface area contributed by atoms with Crippen LogP contribution < -0.4 is 0 Å². The first kappa shape index (κ1) is 10.2. The van der Waals surface area contributed by atoms with Crippen LogP contribution in [0.15, 0.2) is 6.07 Å². The van der Waals surface area contributed by atoms with E-state index in [-0.39, 0.29) is 10.3 Å². The van der Waals surface area contributed by atoms with E-state index < -0.39 is 11.9 Å². The number of hydrogen-bond acceptors (Lipinski definition) is 1. The molecule has 5 heteroatoms. The van der Waals surface area contributed by atoms with E-state index in [1.54, 1.807) is 6.92 Å². The highest BCUT2D eigenvalue weighted by Crippen LogP contribution is 2.27. The lowest BCUT2D eigenvalue weighted by atomic mass is 10.1. The summed E-state index contributed by atoms with van der Waals surface area (Å²) in [6.45, 7) is 8.36. The van der Waals surface area contributed by atoms with Crippen molar-refractivity contribution in [1.82, 2.24) is 4.98 Å². The Bertz CT molecular complexity index is 373. The lowest BCUT2D eigenvalue weighted by Gasteiger charge is -2.02. The Morgan fingerprint density at radius 2 is 2.15 bits per heavy atom. The molecular weight excluding hydrogens is 214 g/mol. The monoisotopic (exact) mass is 218 g/mol. The first-order valence-electron chi connectivity index (χ1n) is 3.44. The first-order valence-corrected chi connectivity index (χ1v) is 4.20. The molecule has 13 heavy (non-hydrogen) atoms. The van der Waals surface area contributed by atoms with Crippen LogP contribution in [0.4, 0.5) is 4.39 Å². The Labute approximate surface area is 85.1 Å². The summed E-state index contributed by atoms with van der Waals surface area (Å²) in [5, 5.41) is -0.194. The quantitative estimate of drug-likeness (QED) is 0.521. The van der Waals surface area contributed by atoms with Crippen molar-refractivity contribution in [2.45, 2.75) is 13.0 Å². The van der Waals surface area contributed by atoms with Crippen LogP contribution in [-0.2, 0) is 0 Å². The van der Waals surface area contributed by atoms with Gasteiger partial charge in [-0.2, -0.15) is 0 Å². The topological polar surface area (TPSA) is 17.2 Å². The van der Waals surface area contributed by atoms with Gasteiger partial charge < -0.3 is 4.85 Å². The maximum Gasteiger partial charge on any atom is 0.249 e. The predicted octanol–water partition coefficient (Wildman–Crippen LogP) is 3.51. The average Bonchev–Trinajstić information content (AvgIpc) is 2.10. The second kappa shape index (κ2) is 3.91. The van der Waals surface area contributed by atoms with Gasteiger partial charge >= 0.3 is 0 Å². The highest BCUT2D eigenvalue weighted by atomic mass is 35.5. The lowest BCUT2D eigenvalue weighted by Crippen LogP contribution is -1.94. The number of hydrogen-bond donors (Lipinski definition) is 0. The molecule has 0 aromatic carbocycles. The van der Waals surface area contributed by atoms with Crippen LogP contribution in [0.25, 0.3) is 4.85 Å². The van der Waals surface area contributed by atoms with Gasteiger partial charge in [-0.25, -0.2) is 15.9 Å². The summed E-state index contributed by atoms with van der Waals surface area (Å²) in [5.74, 6) is -0.656. The first-order chi connectivity index (χ1) is 6.06. The fourth-order valence-electron chi connectivity index (χ4n) is 0.822. The molecule has 0 saturated carbocycles. The third kappa shape index (κ3) is 2.09. The molecule has 1 rings (SSSR count). The van der Waals surface area contributed by atoms with E-state index in [1.165, 1.54) is 0 Å². The van der Waals surface area contributed by atoms with Gasteiger partial charge in [-0.15, -0.1) is 0 Å². The molecule has 0 bridgehead atoms. The van der Waals surface area contributed by atoms with Gasteiger partial charge in [0.2, 0.25) is 6.04 Å². The van der Waals surface area contributed by atoms with Crippen molar-refractivity contribution < 1.29 is 4.39 Å². The van der Waals surface area contributed by atoms with Crippen molar-refractivity contribution in [3.63, 3.8) is 0 Å². The Morgan fingerprint density at radius 3 is 2.69 bits per heavy atom. The number of aromatic nitrogens is 1. The minimum Gasteiger partial charge on any atom is -0.309 e. The Morgan fingerprint density at radius 1 is 1.54 bits per heavy atom. The molecule has 0 aliphatic heterocycles.